The van der Waals surface area contributed by atoms with Crippen LogP contribution in [0.25, 0.3) is 0 Å². The lowest BCUT2D eigenvalue weighted by atomic mass is 9.87. The summed E-state index contributed by atoms with van der Waals surface area (Å²) in [6.07, 6.45) is 0.102. The zero-order valence-electron chi connectivity index (χ0n) is 12.6. The summed E-state index contributed by atoms with van der Waals surface area (Å²) in [5.41, 5.74) is 2.56. The molecule has 0 saturated carbocycles. The standard InChI is InChI=1S/C17H21NO2S/c1-17(2,3)12-4-6-13(7-5-12)18-11-15-9-8-14(21-15)10-16(19)20/h4-9,18H,10-11H2,1-3H3,(H,19,20). The van der Waals surface area contributed by atoms with Crippen molar-refractivity contribution in [2.24, 2.45) is 0 Å². The van der Waals surface area contributed by atoms with E-state index in [0.717, 1.165) is 22.0 Å². The van der Waals surface area contributed by atoms with Gasteiger partial charge in [-0.15, -0.1) is 11.3 Å². The van der Waals surface area contributed by atoms with Gasteiger partial charge in [0.25, 0.3) is 0 Å². The number of benzene rings is 1. The molecule has 2 rings (SSSR count). The molecule has 4 heteroatoms. The maximum atomic E-state index is 10.7. The van der Waals surface area contributed by atoms with Crippen LogP contribution in [0.5, 0.6) is 0 Å². The Morgan fingerprint density at radius 3 is 2.29 bits per heavy atom. The number of anilines is 1. The van der Waals surface area contributed by atoms with Crippen molar-refractivity contribution in [1.82, 2.24) is 0 Å². The molecule has 3 nitrogen and oxygen atoms in total. The fourth-order valence-corrected chi connectivity index (χ4v) is 2.99. The molecule has 0 atom stereocenters. The lowest BCUT2D eigenvalue weighted by molar-refractivity contribution is -0.136. The zero-order valence-corrected chi connectivity index (χ0v) is 13.5. The molecule has 0 aliphatic heterocycles. The molecule has 0 radical (unpaired) electrons. The van der Waals surface area contributed by atoms with E-state index < -0.39 is 5.97 Å². The topological polar surface area (TPSA) is 49.3 Å². The number of aliphatic carboxylic acids is 1. The summed E-state index contributed by atoms with van der Waals surface area (Å²) in [5, 5.41) is 12.1. The Bertz CT molecular complexity index is 608. The maximum Gasteiger partial charge on any atom is 0.308 e. The first-order valence-electron chi connectivity index (χ1n) is 6.98. The molecule has 0 unspecified atom stereocenters. The van der Waals surface area contributed by atoms with Gasteiger partial charge < -0.3 is 10.4 Å². The number of hydrogen-bond acceptors (Lipinski definition) is 3. The van der Waals surface area contributed by atoms with Gasteiger partial charge in [-0.1, -0.05) is 32.9 Å². The molecule has 1 heterocycles. The van der Waals surface area contributed by atoms with E-state index in [2.05, 4.69) is 50.4 Å². The Morgan fingerprint density at radius 1 is 1.10 bits per heavy atom. The molecular formula is C17H21NO2S. The van der Waals surface area contributed by atoms with E-state index in [1.54, 1.807) is 11.3 Å². The number of nitrogens with one attached hydrogen (secondary N) is 1. The van der Waals surface area contributed by atoms with Crippen LogP contribution >= 0.6 is 11.3 Å². The predicted octanol–water partition coefficient (Wildman–Crippen LogP) is 4.28. The molecule has 0 amide bonds. The molecule has 0 fully saturated rings. The first-order valence-corrected chi connectivity index (χ1v) is 7.80. The van der Waals surface area contributed by atoms with Gasteiger partial charge in [0.1, 0.15) is 0 Å². The van der Waals surface area contributed by atoms with Crippen LogP contribution in [0.4, 0.5) is 5.69 Å². The monoisotopic (exact) mass is 303 g/mol. The van der Waals surface area contributed by atoms with Crippen LogP contribution < -0.4 is 5.32 Å². The number of carboxylic acid groups (broad SMARTS) is 1. The smallest absolute Gasteiger partial charge is 0.308 e. The van der Waals surface area contributed by atoms with Crippen molar-refractivity contribution in [3.63, 3.8) is 0 Å². The quantitative estimate of drug-likeness (QED) is 0.866. The van der Waals surface area contributed by atoms with Gasteiger partial charge in [-0.2, -0.15) is 0 Å². The van der Waals surface area contributed by atoms with Crippen molar-refractivity contribution >= 4 is 23.0 Å². The van der Waals surface area contributed by atoms with Gasteiger partial charge in [0.05, 0.1) is 6.42 Å². The van der Waals surface area contributed by atoms with Crippen LogP contribution in [0, 0.1) is 0 Å². The molecule has 112 valence electrons. The average Bonchev–Trinajstić information content (AvgIpc) is 2.82. The van der Waals surface area contributed by atoms with Gasteiger partial charge in [0.15, 0.2) is 0 Å². The van der Waals surface area contributed by atoms with Crippen molar-refractivity contribution in [3.8, 4) is 0 Å². The van der Waals surface area contributed by atoms with E-state index in [0.29, 0.717) is 0 Å². The zero-order chi connectivity index (χ0) is 15.5. The molecule has 0 aliphatic carbocycles. The van der Waals surface area contributed by atoms with E-state index in [4.69, 9.17) is 5.11 Å². The summed E-state index contributed by atoms with van der Waals surface area (Å²) in [6.45, 7) is 7.32. The van der Waals surface area contributed by atoms with Gasteiger partial charge in [-0.3, -0.25) is 4.79 Å². The van der Waals surface area contributed by atoms with Crippen molar-refractivity contribution in [1.29, 1.82) is 0 Å². The lowest BCUT2D eigenvalue weighted by Gasteiger charge is -2.19. The van der Waals surface area contributed by atoms with Crippen LogP contribution in [-0.2, 0) is 23.2 Å². The fraction of sp³-hybridized carbons (Fsp3) is 0.353. The van der Waals surface area contributed by atoms with Crippen LogP contribution in [0.3, 0.4) is 0 Å². The Morgan fingerprint density at radius 2 is 1.71 bits per heavy atom. The fourth-order valence-electron chi connectivity index (χ4n) is 2.04. The summed E-state index contributed by atoms with van der Waals surface area (Å²) in [5.74, 6) is -0.783. The summed E-state index contributed by atoms with van der Waals surface area (Å²) >= 11 is 1.54. The second kappa shape index (κ2) is 6.31. The highest BCUT2D eigenvalue weighted by molar-refractivity contribution is 7.12. The highest BCUT2D eigenvalue weighted by Gasteiger charge is 2.12. The lowest BCUT2D eigenvalue weighted by Crippen LogP contribution is -2.10. The van der Waals surface area contributed by atoms with Crippen molar-refractivity contribution < 1.29 is 9.90 Å². The van der Waals surface area contributed by atoms with Gasteiger partial charge in [-0.25, -0.2) is 0 Å². The Labute approximate surface area is 129 Å². The second-order valence-electron chi connectivity index (χ2n) is 6.12. The Kier molecular flexibility index (Phi) is 4.68. The van der Waals surface area contributed by atoms with Crippen molar-refractivity contribution in [2.45, 2.75) is 39.2 Å². The molecule has 2 N–H and O–H groups in total. The minimum Gasteiger partial charge on any atom is -0.481 e. The minimum absolute atomic E-state index is 0.102. The van der Waals surface area contributed by atoms with E-state index in [1.165, 1.54) is 5.56 Å². The molecular weight excluding hydrogens is 282 g/mol. The summed E-state index contributed by atoms with van der Waals surface area (Å²) in [7, 11) is 0. The highest BCUT2D eigenvalue weighted by Crippen LogP contribution is 2.24. The predicted molar refractivity (Wildman–Crippen MR) is 88.1 cm³/mol. The SMILES string of the molecule is CC(C)(C)c1ccc(NCc2ccc(CC(=O)O)s2)cc1. The van der Waals surface area contributed by atoms with Gasteiger partial charge in [0.2, 0.25) is 0 Å². The Hall–Kier alpha value is -1.81. The molecule has 1 aromatic heterocycles. The summed E-state index contributed by atoms with van der Waals surface area (Å²) < 4.78 is 0. The number of rotatable bonds is 5. The van der Waals surface area contributed by atoms with Crippen molar-refractivity contribution in [2.75, 3.05) is 5.32 Å². The number of hydrogen-bond donors (Lipinski definition) is 2. The van der Waals surface area contributed by atoms with Crippen molar-refractivity contribution in [3.05, 3.63) is 51.7 Å². The summed E-state index contributed by atoms with van der Waals surface area (Å²) in [6, 6.07) is 12.3. The summed E-state index contributed by atoms with van der Waals surface area (Å²) in [4.78, 5) is 12.7. The van der Waals surface area contributed by atoms with Crippen LogP contribution in [0.15, 0.2) is 36.4 Å². The van der Waals surface area contributed by atoms with E-state index in [9.17, 15) is 4.79 Å². The van der Waals surface area contributed by atoms with Gasteiger partial charge in [0, 0.05) is 22.0 Å². The highest BCUT2D eigenvalue weighted by atomic mass is 32.1. The number of carbonyl (C=O) groups is 1. The van der Waals surface area contributed by atoms with E-state index >= 15 is 0 Å². The third-order valence-electron chi connectivity index (χ3n) is 3.26. The second-order valence-corrected chi connectivity index (χ2v) is 7.37. The Balaban J connectivity index is 1.94. The van der Waals surface area contributed by atoms with Crippen LogP contribution in [0.2, 0.25) is 0 Å². The number of thiophene rings is 1. The molecule has 1 aromatic carbocycles. The third-order valence-corrected chi connectivity index (χ3v) is 4.35. The minimum atomic E-state index is -0.783. The van der Waals surface area contributed by atoms with E-state index in [1.807, 2.05) is 12.1 Å². The molecule has 0 aliphatic rings. The largest absolute Gasteiger partial charge is 0.481 e. The average molecular weight is 303 g/mol. The number of carboxylic acids is 1. The molecule has 0 spiro atoms. The molecule has 0 saturated heterocycles. The molecule has 0 bridgehead atoms. The first-order chi connectivity index (χ1) is 9.84. The van der Waals surface area contributed by atoms with Crippen LogP contribution in [0.1, 0.15) is 36.1 Å². The normalized spacial score (nSPS) is 11.4. The third kappa shape index (κ3) is 4.60. The molecule has 21 heavy (non-hydrogen) atoms. The van der Waals surface area contributed by atoms with E-state index in [-0.39, 0.29) is 11.8 Å². The first kappa shape index (κ1) is 15.6. The van der Waals surface area contributed by atoms with Gasteiger partial charge >= 0.3 is 5.97 Å². The maximum absolute atomic E-state index is 10.7. The van der Waals surface area contributed by atoms with Gasteiger partial charge in [-0.05, 0) is 35.2 Å². The van der Waals surface area contributed by atoms with Crippen LogP contribution in [-0.4, -0.2) is 11.1 Å². The molecule has 2 aromatic rings.